The maximum absolute atomic E-state index is 12.1. The highest BCUT2D eigenvalue weighted by atomic mass is 79.9. The van der Waals surface area contributed by atoms with Gasteiger partial charge in [-0.1, -0.05) is 29.8 Å². The average Bonchev–Trinajstić information content (AvgIpc) is 2.41. The molecule has 0 aliphatic carbocycles. The number of amides is 2. The Morgan fingerprint density at radius 1 is 1.11 bits per heavy atom. The van der Waals surface area contributed by atoms with E-state index in [0.29, 0.717) is 0 Å². The van der Waals surface area contributed by atoms with E-state index in [2.05, 4.69) is 21.2 Å². The molecule has 2 aromatic rings. The number of urea groups is 1. The first-order chi connectivity index (χ1) is 9.08. The van der Waals surface area contributed by atoms with Crippen LogP contribution in [0.1, 0.15) is 5.56 Å². The van der Waals surface area contributed by atoms with Crippen LogP contribution in [0.4, 0.5) is 16.2 Å². The summed E-state index contributed by atoms with van der Waals surface area (Å²) in [6.45, 7) is 2.01. The molecule has 4 heteroatoms. The third kappa shape index (κ3) is 3.35. The van der Waals surface area contributed by atoms with Crippen LogP contribution in [0.25, 0.3) is 0 Å². The Labute approximate surface area is 121 Å². The number of aryl methyl sites for hydroxylation is 1. The zero-order chi connectivity index (χ0) is 13.8. The van der Waals surface area contributed by atoms with Gasteiger partial charge in [-0.05, 0) is 47.1 Å². The summed E-state index contributed by atoms with van der Waals surface area (Å²) < 4.78 is 0.886. The number of para-hydroxylation sites is 1. The third-order valence-electron chi connectivity index (χ3n) is 2.82. The molecule has 0 bridgehead atoms. The fraction of sp³-hybridized carbons (Fsp3) is 0.133. The first kappa shape index (κ1) is 13.6. The molecule has 0 heterocycles. The van der Waals surface area contributed by atoms with Gasteiger partial charge in [0.25, 0.3) is 0 Å². The minimum absolute atomic E-state index is 0.171. The van der Waals surface area contributed by atoms with Crippen molar-refractivity contribution < 1.29 is 4.79 Å². The summed E-state index contributed by atoms with van der Waals surface area (Å²) in [5.74, 6) is 0. The van der Waals surface area contributed by atoms with Crippen molar-refractivity contribution >= 4 is 33.3 Å². The monoisotopic (exact) mass is 318 g/mol. The van der Waals surface area contributed by atoms with E-state index in [4.69, 9.17) is 0 Å². The number of nitrogens with zero attached hydrogens (tertiary/aromatic N) is 1. The first-order valence-electron chi connectivity index (χ1n) is 5.94. The van der Waals surface area contributed by atoms with Gasteiger partial charge in [0.05, 0.1) is 5.69 Å². The molecule has 0 radical (unpaired) electrons. The topological polar surface area (TPSA) is 32.3 Å². The number of rotatable bonds is 2. The number of nitrogens with one attached hydrogen (secondary N) is 1. The summed E-state index contributed by atoms with van der Waals surface area (Å²) in [6.07, 6.45) is 0. The van der Waals surface area contributed by atoms with Crippen molar-refractivity contribution in [2.24, 2.45) is 0 Å². The number of hydrogen-bond donors (Lipinski definition) is 1. The molecule has 2 amide bonds. The fourth-order valence-corrected chi connectivity index (χ4v) is 2.23. The number of benzene rings is 2. The lowest BCUT2D eigenvalue weighted by molar-refractivity contribution is 0.258. The Morgan fingerprint density at radius 2 is 1.74 bits per heavy atom. The van der Waals surface area contributed by atoms with Gasteiger partial charge in [-0.3, -0.25) is 4.90 Å². The molecule has 3 nitrogen and oxygen atoms in total. The summed E-state index contributed by atoms with van der Waals surface area (Å²) in [7, 11) is 1.74. The van der Waals surface area contributed by atoms with Gasteiger partial charge >= 0.3 is 6.03 Å². The maximum Gasteiger partial charge on any atom is 0.326 e. The first-order valence-corrected chi connectivity index (χ1v) is 6.73. The van der Waals surface area contributed by atoms with Crippen molar-refractivity contribution in [3.05, 3.63) is 58.6 Å². The Bertz CT molecular complexity index is 581. The van der Waals surface area contributed by atoms with E-state index in [0.717, 1.165) is 21.4 Å². The van der Waals surface area contributed by atoms with Crippen molar-refractivity contribution in [1.29, 1.82) is 0 Å². The maximum atomic E-state index is 12.1. The number of carbonyl (C=O) groups excluding carboxylic acids is 1. The van der Waals surface area contributed by atoms with E-state index in [1.165, 1.54) is 0 Å². The predicted molar refractivity (Wildman–Crippen MR) is 82.7 cm³/mol. The van der Waals surface area contributed by atoms with E-state index in [1.807, 2.05) is 55.5 Å². The Hall–Kier alpha value is -1.81. The molecule has 2 aromatic carbocycles. The largest absolute Gasteiger partial charge is 0.326 e. The van der Waals surface area contributed by atoms with Gasteiger partial charge < -0.3 is 5.32 Å². The van der Waals surface area contributed by atoms with Gasteiger partial charge in [0.2, 0.25) is 0 Å². The molecule has 0 aliphatic rings. The smallest absolute Gasteiger partial charge is 0.308 e. The molecule has 0 aliphatic heterocycles. The Kier molecular flexibility index (Phi) is 4.22. The van der Waals surface area contributed by atoms with E-state index in [1.54, 1.807) is 11.9 Å². The third-order valence-corrected chi connectivity index (χ3v) is 3.49. The molecule has 98 valence electrons. The molecule has 0 fully saturated rings. The molecule has 0 saturated heterocycles. The fourth-order valence-electron chi connectivity index (χ4n) is 1.68. The van der Waals surface area contributed by atoms with E-state index >= 15 is 0 Å². The van der Waals surface area contributed by atoms with Crippen molar-refractivity contribution in [3.63, 3.8) is 0 Å². The predicted octanol–water partition coefficient (Wildman–Crippen LogP) is 4.43. The number of hydrogen-bond acceptors (Lipinski definition) is 1. The normalized spacial score (nSPS) is 10.1. The van der Waals surface area contributed by atoms with Crippen LogP contribution < -0.4 is 10.2 Å². The molecule has 0 atom stereocenters. The molecule has 0 unspecified atom stereocenters. The lowest BCUT2D eigenvalue weighted by Gasteiger charge is -2.19. The number of anilines is 2. The van der Waals surface area contributed by atoms with Crippen LogP contribution in [0.15, 0.2) is 53.0 Å². The molecule has 0 aromatic heterocycles. The molecule has 2 rings (SSSR count). The second-order valence-electron chi connectivity index (χ2n) is 4.31. The summed E-state index contributed by atoms with van der Waals surface area (Å²) in [4.78, 5) is 13.7. The summed E-state index contributed by atoms with van der Waals surface area (Å²) in [5.41, 5.74) is 2.78. The lowest BCUT2D eigenvalue weighted by atomic mass is 10.2. The molecule has 1 N–H and O–H groups in total. The number of halogens is 1. The van der Waals surface area contributed by atoms with Crippen molar-refractivity contribution in [3.8, 4) is 0 Å². The van der Waals surface area contributed by atoms with Gasteiger partial charge in [-0.25, -0.2) is 4.79 Å². The van der Waals surface area contributed by atoms with Gasteiger partial charge in [0.1, 0.15) is 0 Å². The lowest BCUT2D eigenvalue weighted by Crippen LogP contribution is -2.31. The van der Waals surface area contributed by atoms with Gasteiger partial charge in [0, 0.05) is 17.2 Å². The van der Waals surface area contributed by atoms with Crippen LogP contribution in [0, 0.1) is 6.92 Å². The van der Waals surface area contributed by atoms with E-state index in [-0.39, 0.29) is 6.03 Å². The Balaban J connectivity index is 2.12. The van der Waals surface area contributed by atoms with Crippen molar-refractivity contribution in [2.45, 2.75) is 6.92 Å². The van der Waals surface area contributed by atoms with Gasteiger partial charge in [-0.15, -0.1) is 0 Å². The van der Waals surface area contributed by atoms with Gasteiger partial charge in [0.15, 0.2) is 0 Å². The second-order valence-corrected chi connectivity index (χ2v) is 5.16. The summed E-state index contributed by atoms with van der Waals surface area (Å²) in [5, 5.41) is 2.86. The molecule has 0 saturated carbocycles. The minimum Gasteiger partial charge on any atom is -0.308 e. The Morgan fingerprint density at radius 3 is 2.37 bits per heavy atom. The summed E-state index contributed by atoms with van der Waals surface area (Å²) in [6, 6.07) is 15.2. The highest BCUT2D eigenvalue weighted by Crippen LogP contribution is 2.25. The van der Waals surface area contributed by atoms with Crippen LogP contribution in [0.3, 0.4) is 0 Å². The summed E-state index contributed by atoms with van der Waals surface area (Å²) >= 11 is 3.44. The standard InChI is InChI=1S/C15H15BrN2O/c1-11-7-9-12(10-8-11)17-15(19)18(2)14-6-4-3-5-13(14)16/h3-10H,1-2H3,(H,17,19). The minimum atomic E-state index is -0.171. The molecular formula is C15H15BrN2O. The van der Waals surface area contributed by atoms with Crippen molar-refractivity contribution in [1.82, 2.24) is 0 Å². The second kappa shape index (κ2) is 5.89. The molecule has 0 spiro atoms. The molecular weight excluding hydrogens is 304 g/mol. The zero-order valence-electron chi connectivity index (χ0n) is 10.9. The SMILES string of the molecule is Cc1ccc(NC(=O)N(C)c2ccccc2Br)cc1. The van der Waals surface area contributed by atoms with Crippen LogP contribution in [0.5, 0.6) is 0 Å². The van der Waals surface area contributed by atoms with Crippen LogP contribution in [0.2, 0.25) is 0 Å². The van der Waals surface area contributed by atoms with Crippen LogP contribution >= 0.6 is 15.9 Å². The van der Waals surface area contributed by atoms with Crippen molar-refractivity contribution in [2.75, 3.05) is 17.3 Å². The van der Waals surface area contributed by atoms with E-state index < -0.39 is 0 Å². The van der Waals surface area contributed by atoms with Crippen LogP contribution in [-0.4, -0.2) is 13.1 Å². The van der Waals surface area contributed by atoms with E-state index in [9.17, 15) is 4.79 Å². The quantitative estimate of drug-likeness (QED) is 0.873. The van der Waals surface area contributed by atoms with Gasteiger partial charge in [-0.2, -0.15) is 0 Å². The highest BCUT2D eigenvalue weighted by Gasteiger charge is 2.13. The highest BCUT2D eigenvalue weighted by molar-refractivity contribution is 9.10. The number of carbonyl (C=O) groups is 1. The average molecular weight is 319 g/mol. The molecule has 19 heavy (non-hydrogen) atoms. The van der Waals surface area contributed by atoms with Crippen LogP contribution in [-0.2, 0) is 0 Å². The zero-order valence-corrected chi connectivity index (χ0v) is 12.4.